The Morgan fingerprint density at radius 1 is 0.542 bits per heavy atom. The summed E-state index contributed by atoms with van der Waals surface area (Å²) in [6.07, 6.45) is -3.08. The Kier molecular flexibility index (Phi) is 11.9. The third-order valence-electron chi connectivity index (χ3n) is 8.43. The van der Waals surface area contributed by atoms with E-state index in [1.807, 2.05) is 133 Å². The van der Waals surface area contributed by atoms with Crippen molar-refractivity contribution in [3.63, 3.8) is 0 Å². The molecule has 248 valence electrons. The van der Waals surface area contributed by atoms with Crippen LogP contribution in [0.5, 0.6) is 11.5 Å². The second kappa shape index (κ2) is 17.1. The summed E-state index contributed by atoms with van der Waals surface area (Å²) in [5.41, 5.74) is 4.68. The first-order valence-corrected chi connectivity index (χ1v) is 16.3. The smallest absolute Gasteiger partial charge is 0.125 e. The third-order valence-corrected chi connectivity index (χ3v) is 8.43. The van der Waals surface area contributed by atoms with Gasteiger partial charge < -0.3 is 33.5 Å². The Labute approximate surface area is 282 Å². The highest BCUT2D eigenvalue weighted by atomic mass is 16.6. The van der Waals surface area contributed by atoms with Crippen LogP contribution in [0.3, 0.4) is 0 Å². The third kappa shape index (κ3) is 8.89. The minimum atomic E-state index is -0.706. The van der Waals surface area contributed by atoms with Gasteiger partial charge in [-0.3, -0.25) is 0 Å². The number of phenols is 1. The topological polar surface area (TPSA) is 75.6 Å². The van der Waals surface area contributed by atoms with Gasteiger partial charge in [-0.1, -0.05) is 121 Å². The fourth-order valence-corrected chi connectivity index (χ4v) is 5.93. The Hall–Kier alpha value is -4.50. The molecule has 1 heterocycles. The Morgan fingerprint density at radius 2 is 1.00 bits per heavy atom. The molecular formula is C41H42O7. The van der Waals surface area contributed by atoms with Gasteiger partial charge in [-0.25, -0.2) is 0 Å². The first-order chi connectivity index (χ1) is 23.7. The Bertz CT molecular complexity index is 1650. The van der Waals surface area contributed by atoms with Crippen molar-refractivity contribution in [1.29, 1.82) is 0 Å². The molecule has 0 bridgehead atoms. The summed E-state index contributed by atoms with van der Waals surface area (Å²) in [6.45, 7) is 1.64. The zero-order chi connectivity index (χ0) is 33.0. The number of hydrogen-bond acceptors (Lipinski definition) is 7. The number of phenolic OH excluding ortho intramolecular Hbond substituents is 1. The molecule has 1 N–H and O–H groups in total. The summed E-state index contributed by atoms with van der Waals surface area (Å²) in [6, 6.07) is 45.3. The molecular weight excluding hydrogens is 604 g/mol. The average Bonchev–Trinajstić information content (AvgIpc) is 3.14. The summed E-state index contributed by atoms with van der Waals surface area (Å²) in [4.78, 5) is 0. The predicted molar refractivity (Wildman–Crippen MR) is 183 cm³/mol. The van der Waals surface area contributed by atoms with Gasteiger partial charge >= 0.3 is 0 Å². The van der Waals surface area contributed by atoms with Crippen molar-refractivity contribution >= 4 is 0 Å². The molecule has 5 atom stereocenters. The molecule has 1 saturated heterocycles. The maximum atomic E-state index is 11.3. The lowest BCUT2D eigenvalue weighted by Gasteiger charge is -2.46. The van der Waals surface area contributed by atoms with E-state index in [4.69, 9.17) is 28.4 Å². The molecule has 0 saturated carbocycles. The van der Waals surface area contributed by atoms with Crippen LogP contribution in [0.25, 0.3) is 0 Å². The van der Waals surface area contributed by atoms with Crippen LogP contribution in [-0.2, 0) is 50.1 Å². The van der Waals surface area contributed by atoms with Crippen molar-refractivity contribution in [2.45, 2.75) is 56.9 Å². The standard InChI is InChI=1S/C41H42O7/c1-43-34-22-23-35(36(42)24-34)38-40(46-27-32-18-10-4-11-19-32)41(47-28-33-20-12-5-13-21-33)39(45-26-31-16-8-3-9-17-31)37(48-38)29-44-25-30-14-6-2-7-15-30/h2-24,37-42H,25-29H2,1H3/t37?,38-,39+,40?,41?/m0/s1. The maximum absolute atomic E-state index is 11.3. The number of methoxy groups -OCH3 is 1. The van der Waals surface area contributed by atoms with E-state index < -0.39 is 30.5 Å². The monoisotopic (exact) mass is 646 g/mol. The van der Waals surface area contributed by atoms with Gasteiger partial charge in [-0.2, -0.15) is 0 Å². The summed E-state index contributed by atoms with van der Waals surface area (Å²) < 4.78 is 38.8. The highest BCUT2D eigenvalue weighted by Crippen LogP contribution is 2.42. The summed E-state index contributed by atoms with van der Waals surface area (Å²) in [7, 11) is 1.57. The number of rotatable bonds is 15. The molecule has 0 amide bonds. The minimum Gasteiger partial charge on any atom is -0.507 e. The molecule has 6 rings (SSSR count). The minimum absolute atomic E-state index is 0.0436. The molecule has 48 heavy (non-hydrogen) atoms. The van der Waals surface area contributed by atoms with Crippen molar-refractivity contribution in [1.82, 2.24) is 0 Å². The van der Waals surface area contributed by atoms with E-state index in [9.17, 15) is 5.11 Å². The Morgan fingerprint density at radius 3 is 1.48 bits per heavy atom. The second-order valence-electron chi connectivity index (χ2n) is 11.8. The van der Waals surface area contributed by atoms with E-state index in [0.717, 1.165) is 22.3 Å². The van der Waals surface area contributed by atoms with Crippen LogP contribution in [0, 0.1) is 0 Å². The predicted octanol–water partition coefficient (Wildman–Crippen LogP) is 7.81. The first-order valence-electron chi connectivity index (χ1n) is 16.3. The van der Waals surface area contributed by atoms with Crippen LogP contribution in [0.2, 0.25) is 0 Å². The SMILES string of the molecule is COc1ccc([C@@H]2OC(COCc3ccccc3)[C@@H](OCc3ccccc3)C(OCc3ccccc3)C2OCc2ccccc2)c(O)c1. The lowest BCUT2D eigenvalue weighted by molar-refractivity contribution is -0.275. The molecule has 1 fully saturated rings. The molecule has 1 aliphatic heterocycles. The average molecular weight is 647 g/mol. The molecule has 0 aliphatic carbocycles. The van der Waals surface area contributed by atoms with E-state index in [1.165, 1.54) is 0 Å². The van der Waals surface area contributed by atoms with Crippen molar-refractivity contribution < 1.29 is 33.5 Å². The molecule has 3 unspecified atom stereocenters. The normalized spacial score (nSPS) is 20.7. The van der Waals surface area contributed by atoms with Crippen molar-refractivity contribution in [3.05, 3.63) is 167 Å². The van der Waals surface area contributed by atoms with Crippen LogP contribution >= 0.6 is 0 Å². The lowest BCUT2D eigenvalue weighted by atomic mass is 9.89. The molecule has 7 heteroatoms. The fourth-order valence-electron chi connectivity index (χ4n) is 5.93. The zero-order valence-corrected chi connectivity index (χ0v) is 27.1. The lowest BCUT2D eigenvalue weighted by Crippen LogP contribution is -2.58. The first kappa shape index (κ1) is 33.4. The zero-order valence-electron chi connectivity index (χ0n) is 27.1. The quantitative estimate of drug-likeness (QED) is 0.124. The van der Waals surface area contributed by atoms with Crippen LogP contribution in [0.4, 0.5) is 0 Å². The number of hydrogen-bond donors (Lipinski definition) is 1. The van der Waals surface area contributed by atoms with E-state index >= 15 is 0 Å². The van der Waals surface area contributed by atoms with Gasteiger partial charge in [0.1, 0.15) is 42.0 Å². The van der Waals surface area contributed by atoms with Gasteiger partial charge in [-0.15, -0.1) is 0 Å². The van der Waals surface area contributed by atoms with Gasteiger partial charge in [0.15, 0.2) is 0 Å². The van der Waals surface area contributed by atoms with Gasteiger partial charge in [0.05, 0.1) is 40.1 Å². The van der Waals surface area contributed by atoms with E-state index in [1.54, 1.807) is 13.2 Å². The van der Waals surface area contributed by atoms with Crippen molar-refractivity contribution in [2.24, 2.45) is 0 Å². The summed E-state index contributed by atoms with van der Waals surface area (Å²) >= 11 is 0. The van der Waals surface area contributed by atoms with Crippen LogP contribution in [-0.4, -0.2) is 43.2 Å². The highest BCUT2D eigenvalue weighted by Gasteiger charge is 2.49. The molecule has 7 nitrogen and oxygen atoms in total. The number of aromatic hydroxyl groups is 1. The Balaban J connectivity index is 1.36. The number of benzene rings is 5. The van der Waals surface area contributed by atoms with Gasteiger partial charge in [-0.05, 0) is 34.4 Å². The molecule has 0 spiro atoms. The summed E-state index contributed by atoms with van der Waals surface area (Å²) in [5.74, 6) is 0.583. The van der Waals surface area contributed by atoms with Crippen LogP contribution in [0.15, 0.2) is 140 Å². The van der Waals surface area contributed by atoms with Gasteiger partial charge in [0.2, 0.25) is 0 Å². The number of ether oxygens (including phenoxy) is 6. The maximum Gasteiger partial charge on any atom is 0.125 e. The van der Waals surface area contributed by atoms with E-state index in [0.29, 0.717) is 37.7 Å². The van der Waals surface area contributed by atoms with Gasteiger partial charge in [0.25, 0.3) is 0 Å². The van der Waals surface area contributed by atoms with Crippen molar-refractivity contribution in [3.8, 4) is 11.5 Å². The molecule has 1 aliphatic rings. The van der Waals surface area contributed by atoms with Crippen molar-refractivity contribution in [2.75, 3.05) is 13.7 Å². The molecule has 0 aromatic heterocycles. The fraction of sp³-hybridized carbons (Fsp3) is 0.268. The summed E-state index contributed by atoms with van der Waals surface area (Å²) in [5, 5.41) is 11.3. The van der Waals surface area contributed by atoms with Crippen LogP contribution in [0.1, 0.15) is 33.9 Å². The molecule has 5 aromatic carbocycles. The molecule has 0 radical (unpaired) electrons. The highest BCUT2D eigenvalue weighted by molar-refractivity contribution is 5.42. The molecule has 5 aromatic rings. The second-order valence-corrected chi connectivity index (χ2v) is 11.8. The van der Waals surface area contributed by atoms with E-state index in [-0.39, 0.29) is 12.4 Å². The van der Waals surface area contributed by atoms with Crippen LogP contribution < -0.4 is 4.74 Å². The largest absolute Gasteiger partial charge is 0.507 e. The van der Waals surface area contributed by atoms with Gasteiger partial charge in [0, 0.05) is 11.6 Å². The van der Waals surface area contributed by atoms with E-state index in [2.05, 4.69) is 0 Å².